The molecule has 0 aromatic heterocycles. The van der Waals surface area contributed by atoms with E-state index in [1.165, 1.54) is 0 Å². The number of nitrogens with two attached hydrogens (primary N) is 1. The van der Waals surface area contributed by atoms with Gasteiger partial charge >= 0.3 is 0 Å². The van der Waals surface area contributed by atoms with E-state index in [9.17, 15) is 9.59 Å². The Hall–Kier alpha value is -3.11. The van der Waals surface area contributed by atoms with Crippen LogP contribution in [-0.2, 0) is 4.79 Å². The first kappa shape index (κ1) is 20.6. The van der Waals surface area contributed by atoms with Crippen LogP contribution in [-0.4, -0.2) is 16.7 Å². The minimum absolute atomic E-state index is 0.273. The lowest BCUT2D eigenvalue weighted by atomic mass is 9.95. The first-order valence-electron chi connectivity index (χ1n) is 9.38. The molecule has 0 bridgehead atoms. The van der Waals surface area contributed by atoms with E-state index in [0.29, 0.717) is 16.1 Å². The van der Waals surface area contributed by atoms with E-state index in [4.69, 9.17) is 17.3 Å². The van der Waals surface area contributed by atoms with E-state index in [2.05, 4.69) is 0 Å². The molecule has 0 saturated carbocycles. The molecule has 148 valence electrons. The van der Waals surface area contributed by atoms with Crippen LogP contribution in [0.4, 0.5) is 0 Å². The van der Waals surface area contributed by atoms with Gasteiger partial charge in [0.1, 0.15) is 6.04 Å². The summed E-state index contributed by atoms with van der Waals surface area (Å²) in [7, 11) is 0. The summed E-state index contributed by atoms with van der Waals surface area (Å²) >= 11 is 6.23. The molecule has 2 atom stereocenters. The lowest BCUT2D eigenvalue weighted by Gasteiger charge is -2.36. The summed E-state index contributed by atoms with van der Waals surface area (Å²) in [6, 6.07) is 22.2. The molecule has 0 saturated heterocycles. The SMILES string of the molecule is Cc1ccc(Cl)cc1[C@@H](C)N(C(=O)c1ccccc1)[C@@H](C(N)=O)c1ccccc1. The van der Waals surface area contributed by atoms with Crippen LogP contribution in [0.1, 0.15) is 46.1 Å². The summed E-state index contributed by atoms with van der Waals surface area (Å²) in [5.41, 5.74) is 8.80. The molecule has 0 heterocycles. The Labute approximate surface area is 175 Å². The first-order valence-corrected chi connectivity index (χ1v) is 9.76. The number of hydrogen-bond donors (Lipinski definition) is 1. The van der Waals surface area contributed by atoms with Gasteiger partial charge < -0.3 is 10.6 Å². The molecule has 0 aliphatic rings. The molecular formula is C24H23ClN2O2. The quantitative estimate of drug-likeness (QED) is 0.620. The smallest absolute Gasteiger partial charge is 0.255 e. The van der Waals surface area contributed by atoms with Crippen molar-refractivity contribution in [3.63, 3.8) is 0 Å². The van der Waals surface area contributed by atoms with Crippen molar-refractivity contribution in [2.75, 3.05) is 0 Å². The minimum Gasteiger partial charge on any atom is -0.368 e. The number of halogens is 1. The maximum Gasteiger partial charge on any atom is 0.255 e. The zero-order valence-corrected chi connectivity index (χ0v) is 17.1. The Morgan fingerprint density at radius 1 is 0.931 bits per heavy atom. The highest BCUT2D eigenvalue weighted by Crippen LogP contribution is 2.34. The number of amides is 2. The second-order valence-corrected chi connectivity index (χ2v) is 7.41. The van der Waals surface area contributed by atoms with Crippen LogP contribution in [0.3, 0.4) is 0 Å². The molecule has 0 unspecified atom stereocenters. The van der Waals surface area contributed by atoms with Crippen LogP contribution in [0, 0.1) is 6.92 Å². The number of carbonyl (C=O) groups is 2. The van der Waals surface area contributed by atoms with E-state index in [0.717, 1.165) is 11.1 Å². The summed E-state index contributed by atoms with van der Waals surface area (Å²) in [5, 5.41) is 0.569. The zero-order valence-electron chi connectivity index (χ0n) is 16.4. The van der Waals surface area contributed by atoms with Gasteiger partial charge in [-0.1, -0.05) is 66.2 Å². The molecule has 3 aromatic carbocycles. The molecule has 29 heavy (non-hydrogen) atoms. The molecule has 0 aliphatic carbocycles. The molecule has 4 nitrogen and oxygen atoms in total. The second kappa shape index (κ2) is 8.93. The van der Waals surface area contributed by atoms with Gasteiger partial charge in [0.15, 0.2) is 0 Å². The molecule has 2 N–H and O–H groups in total. The molecule has 0 spiro atoms. The largest absolute Gasteiger partial charge is 0.368 e. The number of aryl methyl sites for hydroxylation is 1. The molecule has 3 aromatic rings. The van der Waals surface area contributed by atoms with Gasteiger partial charge in [0.05, 0.1) is 6.04 Å². The van der Waals surface area contributed by atoms with Crippen molar-refractivity contribution in [1.29, 1.82) is 0 Å². The van der Waals surface area contributed by atoms with Crippen molar-refractivity contribution in [3.05, 3.63) is 106 Å². The van der Waals surface area contributed by atoms with Crippen LogP contribution >= 0.6 is 11.6 Å². The summed E-state index contributed by atoms with van der Waals surface area (Å²) in [5.74, 6) is -0.864. The van der Waals surface area contributed by atoms with E-state index in [1.807, 2.05) is 50.2 Å². The van der Waals surface area contributed by atoms with Crippen LogP contribution in [0.15, 0.2) is 78.9 Å². The third-order valence-corrected chi connectivity index (χ3v) is 5.26. The van der Waals surface area contributed by atoms with Gasteiger partial charge in [0.2, 0.25) is 5.91 Å². The van der Waals surface area contributed by atoms with E-state index >= 15 is 0 Å². The third kappa shape index (κ3) is 4.49. The lowest BCUT2D eigenvalue weighted by molar-refractivity contribution is -0.123. The predicted octanol–water partition coefficient (Wildman–Crippen LogP) is 5.08. The summed E-state index contributed by atoms with van der Waals surface area (Å²) in [6.45, 7) is 3.84. The third-order valence-electron chi connectivity index (χ3n) is 5.03. The highest BCUT2D eigenvalue weighted by atomic mass is 35.5. The Bertz CT molecular complexity index is 1010. The van der Waals surface area contributed by atoms with Crippen molar-refractivity contribution in [3.8, 4) is 0 Å². The Morgan fingerprint density at radius 2 is 1.52 bits per heavy atom. The van der Waals surface area contributed by atoms with E-state index in [-0.39, 0.29) is 5.91 Å². The van der Waals surface area contributed by atoms with Gasteiger partial charge in [-0.25, -0.2) is 0 Å². The van der Waals surface area contributed by atoms with Crippen molar-refractivity contribution in [1.82, 2.24) is 4.90 Å². The van der Waals surface area contributed by atoms with Gasteiger partial charge in [-0.2, -0.15) is 0 Å². The Morgan fingerprint density at radius 3 is 2.10 bits per heavy atom. The fourth-order valence-corrected chi connectivity index (χ4v) is 3.74. The van der Waals surface area contributed by atoms with Gasteiger partial charge in [-0.05, 0) is 54.8 Å². The Balaban J connectivity index is 2.16. The second-order valence-electron chi connectivity index (χ2n) is 6.97. The Kier molecular flexibility index (Phi) is 6.35. The monoisotopic (exact) mass is 406 g/mol. The van der Waals surface area contributed by atoms with E-state index < -0.39 is 18.0 Å². The fraction of sp³-hybridized carbons (Fsp3) is 0.167. The van der Waals surface area contributed by atoms with Crippen molar-refractivity contribution in [2.24, 2.45) is 5.73 Å². The van der Waals surface area contributed by atoms with E-state index in [1.54, 1.807) is 47.4 Å². The number of hydrogen-bond acceptors (Lipinski definition) is 2. The topological polar surface area (TPSA) is 63.4 Å². The normalized spacial score (nSPS) is 12.8. The average Bonchev–Trinajstić information content (AvgIpc) is 2.73. The molecule has 3 rings (SSSR count). The molecule has 0 radical (unpaired) electrons. The molecule has 2 amide bonds. The van der Waals surface area contributed by atoms with Gasteiger partial charge in [-0.3, -0.25) is 9.59 Å². The summed E-state index contributed by atoms with van der Waals surface area (Å²) in [4.78, 5) is 27.7. The van der Waals surface area contributed by atoms with Crippen LogP contribution < -0.4 is 5.73 Å². The standard InChI is InChI=1S/C24H23ClN2O2/c1-16-13-14-20(25)15-21(16)17(2)27(24(29)19-11-7-4-8-12-19)22(23(26)28)18-9-5-3-6-10-18/h3-15,17,22H,1-2H3,(H2,26,28)/t17-,22-/m1/s1. The lowest BCUT2D eigenvalue weighted by Crippen LogP contribution is -2.43. The van der Waals surface area contributed by atoms with Crippen LogP contribution in [0.5, 0.6) is 0 Å². The number of nitrogens with zero attached hydrogens (tertiary/aromatic N) is 1. The highest BCUT2D eigenvalue weighted by molar-refractivity contribution is 6.30. The maximum absolute atomic E-state index is 13.6. The van der Waals surface area contributed by atoms with Crippen LogP contribution in [0.2, 0.25) is 5.02 Å². The van der Waals surface area contributed by atoms with Crippen molar-refractivity contribution in [2.45, 2.75) is 25.9 Å². The fourth-order valence-electron chi connectivity index (χ4n) is 3.56. The molecule has 0 aliphatic heterocycles. The molecule has 0 fully saturated rings. The highest BCUT2D eigenvalue weighted by Gasteiger charge is 2.35. The molecule has 5 heteroatoms. The zero-order chi connectivity index (χ0) is 21.0. The van der Waals surface area contributed by atoms with Crippen molar-refractivity contribution < 1.29 is 9.59 Å². The summed E-state index contributed by atoms with van der Waals surface area (Å²) in [6.07, 6.45) is 0. The minimum atomic E-state index is -0.919. The number of benzene rings is 3. The van der Waals surface area contributed by atoms with Gasteiger partial charge in [0, 0.05) is 10.6 Å². The molecular weight excluding hydrogens is 384 g/mol. The number of rotatable bonds is 6. The van der Waals surface area contributed by atoms with Crippen molar-refractivity contribution >= 4 is 23.4 Å². The van der Waals surface area contributed by atoms with Gasteiger partial charge in [-0.15, -0.1) is 0 Å². The van der Waals surface area contributed by atoms with Crippen LogP contribution in [0.25, 0.3) is 0 Å². The number of primary amides is 1. The summed E-state index contributed by atoms with van der Waals surface area (Å²) < 4.78 is 0. The average molecular weight is 407 g/mol. The maximum atomic E-state index is 13.6. The first-order chi connectivity index (χ1) is 13.9. The predicted molar refractivity (Wildman–Crippen MR) is 116 cm³/mol. The number of carbonyl (C=O) groups excluding carboxylic acids is 2. The van der Waals surface area contributed by atoms with Gasteiger partial charge in [0.25, 0.3) is 5.91 Å².